The highest BCUT2D eigenvalue weighted by Gasteiger charge is 2.23. The van der Waals surface area contributed by atoms with E-state index in [1.165, 1.54) is 13.2 Å². The zero-order valence-electron chi connectivity index (χ0n) is 15.1. The molecule has 1 N–H and O–H groups in total. The predicted molar refractivity (Wildman–Crippen MR) is 107 cm³/mol. The Labute approximate surface area is 159 Å². The number of carbonyl (C=O) groups is 1. The molecule has 0 aromatic heterocycles. The molecular formula is C20H22N2O4S. The van der Waals surface area contributed by atoms with E-state index < -0.39 is 10.0 Å². The van der Waals surface area contributed by atoms with Crippen LogP contribution in [0.4, 0.5) is 11.4 Å². The summed E-state index contributed by atoms with van der Waals surface area (Å²) >= 11 is 0. The second-order valence-electron chi connectivity index (χ2n) is 6.29. The van der Waals surface area contributed by atoms with Crippen LogP contribution in [-0.4, -0.2) is 34.6 Å². The number of anilines is 2. The highest BCUT2D eigenvalue weighted by atomic mass is 32.2. The van der Waals surface area contributed by atoms with Crippen molar-refractivity contribution in [3.05, 3.63) is 65.1 Å². The van der Waals surface area contributed by atoms with Gasteiger partial charge in [0.15, 0.2) is 0 Å². The van der Waals surface area contributed by atoms with Crippen molar-refractivity contribution in [1.29, 1.82) is 0 Å². The maximum atomic E-state index is 12.4. The molecule has 142 valence electrons. The van der Waals surface area contributed by atoms with E-state index in [2.05, 4.69) is 4.72 Å². The number of ether oxygens (including phenoxy) is 1. The molecule has 1 aliphatic heterocycles. The van der Waals surface area contributed by atoms with Crippen LogP contribution in [0.2, 0.25) is 0 Å². The van der Waals surface area contributed by atoms with Crippen molar-refractivity contribution >= 4 is 33.4 Å². The van der Waals surface area contributed by atoms with Crippen LogP contribution in [0.25, 0.3) is 6.08 Å². The van der Waals surface area contributed by atoms with Gasteiger partial charge in [-0.05, 0) is 42.2 Å². The number of benzene rings is 2. The van der Waals surface area contributed by atoms with Crippen LogP contribution in [-0.2, 0) is 26.0 Å². The zero-order valence-corrected chi connectivity index (χ0v) is 15.9. The molecule has 0 saturated heterocycles. The average Bonchev–Trinajstić information content (AvgIpc) is 2.67. The van der Waals surface area contributed by atoms with Crippen LogP contribution in [0.1, 0.15) is 17.5 Å². The first-order valence-corrected chi connectivity index (χ1v) is 10.2. The molecule has 0 radical (unpaired) electrons. The number of hydrogen-bond donors (Lipinski definition) is 1. The van der Waals surface area contributed by atoms with Crippen LogP contribution in [0, 0.1) is 0 Å². The van der Waals surface area contributed by atoms with E-state index in [4.69, 9.17) is 4.74 Å². The monoisotopic (exact) mass is 386 g/mol. The normalized spacial score (nSPS) is 14.2. The lowest BCUT2D eigenvalue weighted by atomic mass is 10.0. The molecular weight excluding hydrogens is 364 g/mol. The second-order valence-corrected chi connectivity index (χ2v) is 7.85. The van der Waals surface area contributed by atoms with Crippen molar-refractivity contribution < 1.29 is 17.9 Å². The lowest BCUT2D eigenvalue weighted by molar-refractivity contribution is -0.122. The molecule has 7 heteroatoms. The van der Waals surface area contributed by atoms with Gasteiger partial charge in [-0.3, -0.25) is 9.52 Å². The Bertz CT molecular complexity index is 940. The maximum absolute atomic E-state index is 12.4. The second kappa shape index (κ2) is 8.37. The molecule has 2 aromatic carbocycles. The largest absolute Gasteiger partial charge is 0.375 e. The van der Waals surface area contributed by atoms with Crippen LogP contribution in [0.15, 0.2) is 53.9 Å². The molecule has 0 aliphatic carbocycles. The fourth-order valence-corrected chi connectivity index (χ4v) is 3.89. The fourth-order valence-electron chi connectivity index (χ4n) is 3.03. The predicted octanol–water partition coefficient (Wildman–Crippen LogP) is 3.02. The molecule has 1 amide bonds. The van der Waals surface area contributed by atoms with Crippen LogP contribution in [0.3, 0.4) is 0 Å². The van der Waals surface area contributed by atoms with Gasteiger partial charge in [0.1, 0.15) is 6.61 Å². The van der Waals surface area contributed by atoms with Crippen molar-refractivity contribution in [1.82, 2.24) is 0 Å². The van der Waals surface area contributed by atoms with E-state index in [0.717, 1.165) is 35.1 Å². The number of nitrogens with zero attached hydrogens (tertiary/aromatic N) is 1. The minimum atomic E-state index is -3.67. The van der Waals surface area contributed by atoms with E-state index in [0.29, 0.717) is 12.2 Å². The topological polar surface area (TPSA) is 75.7 Å². The summed E-state index contributed by atoms with van der Waals surface area (Å²) in [5.41, 5.74) is 2.97. The number of methoxy groups -OCH3 is 1. The Kier molecular flexibility index (Phi) is 5.93. The number of sulfonamides is 1. The number of rotatable bonds is 6. The summed E-state index contributed by atoms with van der Waals surface area (Å²) in [4.78, 5) is 13.9. The van der Waals surface area contributed by atoms with E-state index in [1.54, 1.807) is 17.0 Å². The highest BCUT2D eigenvalue weighted by molar-refractivity contribution is 7.95. The van der Waals surface area contributed by atoms with Gasteiger partial charge in [-0.15, -0.1) is 0 Å². The SMILES string of the molecule is COCC(=O)N1CCCc2ccc(NS(=O)(=O)/C=C/c3ccccc3)cc21. The van der Waals surface area contributed by atoms with Gasteiger partial charge >= 0.3 is 0 Å². The number of nitrogens with one attached hydrogen (secondary N) is 1. The molecule has 2 aromatic rings. The molecule has 0 fully saturated rings. The first-order valence-electron chi connectivity index (χ1n) is 8.67. The van der Waals surface area contributed by atoms with Crippen LogP contribution >= 0.6 is 0 Å². The van der Waals surface area contributed by atoms with Crippen molar-refractivity contribution in [3.63, 3.8) is 0 Å². The molecule has 3 rings (SSSR count). The number of aryl methyl sites for hydroxylation is 1. The molecule has 1 aliphatic rings. The summed E-state index contributed by atoms with van der Waals surface area (Å²) in [6.45, 7) is 0.592. The Morgan fingerprint density at radius 2 is 2.00 bits per heavy atom. The first-order chi connectivity index (χ1) is 13.0. The molecule has 27 heavy (non-hydrogen) atoms. The third-order valence-corrected chi connectivity index (χ3v) is 5.29. The number of hydrogen-bond acceptors (Lipinski definition) is 4. The summed E-state index contributed by atoms with van der Waals surface area (Å²) in [7, 11) is -2.19. The van der Waals surface area contributed by atoms with Crippen LogP contribution in [0.5, 0.6) is 0 Å². The van der Waals surface area contributed by atoms with Gasteiger partial charge in [-0.2, -0.15) is 0 Å². The van der Waals surface area contributed by atoms with Gasteiger partial charge in [-0.25, -0.2) is 8.42 Å². The molecule has 0 bridgehead atoms. The smallest absolute Gasteiger partial charge is 0.255 e. The summed E-state index contributed by atoms with van der Waals surface area (Å²) in [6.07, 6.45) is 3.26. The van der Waals surface area contributed by atoms with Gasteiger partial charge in [0, 0.05) is 19.3 Å². The van der Waals surface area contributed by atoms with E-state index in [1.807, 2.05) is 36.4 Å². The Balaban J connectivity index is 1.80. The summed E-state index contributed by atoms with van der Waals surface area (Å²) < 4.78 is 32.2. The summed E-state index contributed by atoms with van der Waals surface area (Å²) in [5.74, 6) is -0.137. The Hall–Kier alpha value is -2.64. The minimum absolute atomic E-state index is 0.00475. The summed E-state index contributed by atoms with van der Waals surface area (Å²) in [6, 6.07) is 14.5. The molecule has 0 atom stereocenters. The summed E-state index contributed by atoms with van der Waals surface area (Å²) in [5, 5.41) is 1.13. The number of amides is 1. The zero-order chi connectivity index (χ0) is 19.3. The van der Waals surface area contributed by atoms with Gasteiger partial charge in [0.2, 0.25) is 0 Å². The fraction of sp³-hybridized carbons (Fsp3) is 0.250. The van der Waals surface area contributed by atoms with Crippen molar-refractivity contribution in [2.45, 2.75) is 12.8 Å². The number of carbonyl (C=O) groups excluding carboxylic acids is 1. The Morgan fingerprint density at radius 3 is 2.74 bits per heavy atom. The third kappa shape index (κ3) is 4.96. The van der Waals surface area contributed by atoms with E-state index in [-0.39, 0.29) is 12.5 Å². The molecule has 6 nitrogen and oxygen atoms in total. The van der Waals surface area contributed by atoms with Crippen molar-refractivity contribution in [2.75, 3.05) is 29.9 Å². The third-order valence-electron chi connectivity index (χ3n) is 4.27. The van der Waals surface area contributed by atoms with E-state index in [9.17, 15) is 13.2 Å². The van der Waals surface area contributed by atoms with Crippen molar-refractivity contribution in [2.24, 2.45) is 0 Å². The van der Waals surface area contributed by atoms with Gasteiger partial charge in [0.05, 0.1) is 11.1 Å². The van der Waals surface area contributed by atoms with Gasteiger partial charge < -0.3 is 9.64 Å². The maximum Gasteiger partial charge on any atom is 0.255 e. The minimum Gasteiger partial charge on any atom is -0.375 e. The average molecular weight is 386 g/mol. The first kappa shape index (κ1) is 19.1. The highest BCUT2D eigenvalue weighted by Crippen LogP contribution is 2.30. The van der Waals surface area contributed by atoms with Crippen LogP contribution < -0.4 is 9.62 Å². The molecule has 0 spiro atoms. The Morgan fingerprint density at radius 1 is 1.22 bits per heavy atom. The lowest BCUT2D eigenvalue weighted by Gasteiger charge is -2.29. The molecule has 1 heterocycles. The van der Waals surface area contributed by atoms with Gasteiger partial charge in [-0.1, -0.05) is 36.4 Å². The lowest BCUT2D eigenvalue weighted by Crippen LogP contribution is -2.37. The van der Waals surface area contributed by atoms with E-state index >= 15 is 0 Å². The quantitative estimate of drug-likeness (QED) is 0.828. The number of fused-ring (bicyclic) bond motifs is 1. The molecule has 0 saturated carbocycles. The van der Waals surface area contributed by atoms with Gasteiger partial charge in [0.25, 0.3) is 15.9 Å². The standard InChI is InChI=1S/C20H22N2O4S/c1-26-15-20(23)22-12-5-8-17-9-10-18(14-19(17)22)21-27(24,25)13-11-16-6-3-2-4-7-16/h2-4,6-7,9-11,13-14,21H,5,8,12,15H2,1H3/b13-11+. The molecule has 0 unspecified atom stereocenters. The van der Waals surface area contributed by atoms with Crippen molar-refractivity contribution in [3.8, 4) is 0 Å².